The zero-order valence-electron chi connectivity index (χ0n) is 17.0. The number of likely N-dealkylation sites (N-methyl/N-ethyl adjacent to an activating group) is 1. The number of thioether (sulfide) groups is 1. The van der Waals surface area contributed by atoms with Gasteiger partial charge in [-0.15, -0.1) is 16.9 Å². The molecule has 158 valence electrons. The van der Waals surface area contributed by atoms with E-state index in [0.717, 1.165) is 34.8 Å². The lowest BCUT2D eigenvalue weighted by Crippen LogP contribution is -2.48. The molecule has 0 radical (unpaired) electrons. The number of nitrogens with one attached hydrogen (secondary N) is 2. The summed E-state index contributed by atoms with van der Waals surface area (Å²) in [5.41, 5.74) is 4.30. The second-order valence-electron chi connectivity index (χ2n) is 7.64. The fraction of sp³-hybridized carbons (Fsp3) is 0.273. The van der Waals surface area contributed by atoms with Crippen LogP contribution in [0.5, 0.6) is 0 Å². The van der Waals surface area contributed by atoms with Crippen LogP contribution in [0.1, 0.15) is 21.7 Å². The number of rotatable bonds is 4. The molecule has 0 saturated heterocycles. The van der Waals surface area contributed by atoms with Gasteiger partial charge >= 0.3 is 0 Å². The summed E-state index contributed by atoms with van der Waals surface area (Å²) in [6, 6.07) is 13.4. The van der Waals surface area contributed by atoms with E-state index in [-0.39, 0.29) is 11.7 Å². The van der Waals surface area contributed by atoms with Crippen LogP contribution in [-0.2, 0) is 17.8 Å². The van der Waals surface area contributed by atoms with Crippen LogP contribution in [0.25, 0.3) is 0 Å². The monoisotopic (exact) mass is 434 g/mol. The van der Waals surface area contributed by atoms with Crippen LogP contribution in [0.2, 0.25) is 0 Å². The number of fused-ring (bicyclic) bond motifs is 2. The fourth-order valence-electron chi connectivity index (χ4n) is 3.86. The highest BCUT2D eigenvalue weighted by molar-refractivity contribution is 7.99. The van der Waals surface area contributed by atoms with E-state index in [9.17, 15) is 9.59 Å². The molecule has 0 bridgehead atoms. The molecule has 31 heavy (non-hydrogen) atoms. The molecule has 3 heterocycles. The molecule has 2 aliphatic rings. The van der Waals surface area contributed by atoms with Crippen molar-refractivity contribution in [3.8, 4) is 0 Å². The van der Waals surface area contributed by atoms with Gasteiger partial charge in [-0.2, -0.15) is 0 Å². The number of hydrogen-bond acceptors (Lipinski definition) is 6. The van der Waals surface area contributed by atoms with Gasteiger partial charge < -0.3 is 15.5 Å². The average Bonchev–Trinajstić information content (AvgIpc) is 3.42. The second kappa shape index (κ2) is 8.07. The van der Waals surface area contributed by atoms with Crippen LogP contribution < -0.4 is 15.5 Å². The molecule has 3 aromatic rings. The average molecular weight is 435 g/mol. The Morgan fingerprint density at radius 2 is 2.13 bits per heavy atom. The Morgan fingerprint density at radius 3 is 2.97 bits per heavy atom. The SMILES string of the molecule is CN1C(=O)[C@@H](NC(=O)c2ncn(Cc3ccccc3)n2)CSc2cc3c(cc21)CCN3. The van der Waals surface area contributed by atoms with Crippen LogP contribution in [0.4, 0.5) is 11.4 Å². The molecule has 2 aromatic carbocycles. The van der Waals surface area contributed by atoms with E-state index >= 15 is 0 Å². The Hall–Kier alpha value is -3.33. The number of nitrogens with zero attached hydrogens (tertiary/aromatic N) is 4. The molecular formula is C22H22N6O2S. The molecule has 0 aliphatic carbocycles. The minimum absolute atomic E-state index is 0.0568. The highest BCUT2D eigenvalue weighted by atomic mass is 32.2. The summed E-state index contributed by atoms with van der Waals surface area (Å²) < 4.78 is 1.62. The van der Waals surface area contributed by atoms with Gasteiger partial charge in [0.15, 0.2) is 0 Å². The lowest BCUT2D eigenvalue weighted by Gasteiger charge is -2.21. The number of hydrogen-bond donors (Lipinski definition) is 2. The van der Waals surface area contributed by atoms with Crippen LogP contribution in [0.3, 0.4) is 0 Å². The predicted molar refractivity (Wildman–Crippen MR) is 120 cm³/mol. The van der Waals surface area contributed by atoms with E-state index in [4.69, 9.17) is 0 Å². The van der Waals surface area contributed by atoms with Gasteiger partial charge in [-0.05, 0) is 29.7 Å². The molecular weight excluding hydrogens is 412 g/mol. The van der Waals surface area contributed by atoms with E-state index in [1.165, 1.54) is 11.9 Å². The van der Waals surface area contributed by atoms with Crippen molar-refractivity contribution < 1.29 is 9.59 Å². The predicted octanol–water partition coefficient (Wildman–Crippen LogP) is 2.16. The Bertz CT molecular complexity index is 1150. The van der Waals surface area contributed by atoms with Crippen LogP contribution in [0.15, 0.2) is 53.7 Å². The number of carbonyl (C=O) groups is 2. The van der Waals surface area contributed by atoms with Gasteiger partial charge in [0.2, 0.25) is 11.7 Å². The Balaban J connectivity index is 1.29. The zero-order valence-corrected chi connectivity index (χ0v) is 17.9. The van der Waals surface area contributed by atoms with Gasteiger partial charge in [-0.25, -0.2) is 9.67 Å². The van der Waals surface area contributed by atoms with Crippen LogP contribution in [0, 0.1) is 0 Å². The standard InChI is InChI=1S/C22H22N6O2S/c1-27-18-9-15-7-8-23-16(15)10-19(18)31-12-17(22(27)30)25-21(29)20-24-13-28(26-20)11-14-5-3-2-4-6-14/h2-6,9-10,13,17,23H,7-8,11-12H2,1H3,(H,25,29)/t17-/m0/s1. The minimum Gasteiger partial charge on any atom is -0.384 e. The van der Waals surface area contributed by atoms with E-state index < -0.39 is 11.9 Å². The summed E-state index contributed by atoms with van der Waals surface area (Å²) in [4.78, 5) is 32.6. The van der Waals surface area contributed by atoms with Crippen molar-refractivity contribution in [2.24, 2.45) is 0 Å². The summed E-state index contributed by atoms with van der Waals surface area (Å²) in [5, 5.41) is 10.5. The highest BCUT2D eigenvalue weighted by Crippen LogP contribution is 2.39. The maximum Gasteiger partial charge on any atom is 0.291 e. The third kappa shape index (κ3) is 3.88. The lowest BCUT2D eigenvalue weighted by molar-refractivity contribution is -0.119. The number of carbonyl (C=O) groups excluding carboxylic acids is 2. The van der Waals surface area contributed by atoms with Gasteiger partial charge in [-0.3, -0.25) is 9.59 Å². The van der Waals surface area contributed by atoms with Crippen molar-refractivity contribution in [1.29, 1.82) is 0 Å². The molecule has 2 aliphatic heterocycles. The fourth-order valence-corrected chi connectivity index (χ4v) is 4.98. The van der Waals surface area contributed by atoms with Crippen LogP contribution in [-0.4, -0.2) is 52.0 Å². The highest BCUT2D eigenvalue weighted by Gasteiger charge is 2.32. The molecule has 2 amide bonds. The van der Waals surface area contributed by atoms with Gasteiger partial charge in [0.1, 0.15) is 12.4 Å². The van der Waals surface area contributed by atoms with Crippen molar-refractivity contribution in [2.75, 3.05) is 29.6 Å². The van der Waals surface area contributed by atoms with Gasteiger partial charge in [0.25, 0.3) is 5.91 Å². The van der Waals surface area contributed by atoms with Crippen molar-refractivity contribution in [1.82, 2.24) is 20.1 Å². The normalized spacial score (nSPS) is 17.5. The molecule has 0 saturated carbocycles. The summed E-state index contributed by atoms with van der Waals surface area (Å²) in [5.74, 6) is -0.0874. The summed E-state index contributed by atoms with van der Waals surface area (Å²) >= 11 is 1.57. The minimum atomic E-state index is -0.654. The van der Waals surface area contributed by atoms with Crippen molar-refractivity contribution in [3.05, 3.63) is 65.7 Å². The van der Waals surface area contributed by atoms with E-state index in [0.29, 0.717) is 12.3 Å². The third-order valence-corrected chi connectivity index (χ3v) is 6.66. The number of anilines is 2. The lowest BCUT2D eigenvalue weighted by atomic mass is 10.1. The molecule has 9 heteroatoms. The topological polar surface area (TPSA) is 92.2 Å². The maximum absolute atomic E-state index is 13.1. The Morgan fingerprint density at radius 1 is 1.29 bits per heavy atom. The first-order chi connectivity index (χ1) is 15.1. The van der Waals surface area contributed by atoms with Gasteiger partial charge in [-0.1, -0.05) is 30.3 Å². The largest absolute Gasteiger partial charge is 0.384 e. The molecule has 1 atom stereocenters. The molecule has 5 rings (SSSR count). The number of aromatic nitrogens is 3. The Kier molecular flexibility index (Phi) is 5.11. The molecule has 1 aromatic heterocycles. The molecule has 0 fully saturated rings. The second-order valence-corrected chi connectivity index (χ2v) is 8.70. The quantitative estimate of drug-likeness (QED) is 0.654. The summed E-state index contributed by atoms with van der Waals surface area (Å²) in [7, 11) is 1.76. The molecule has 2 N–H and O–H groups in total. The molecule has 8 nitrogen and oxygen atoms in total. The van der Waals surface area contributed by atoms with Crippen molar-refractivity contribution in [3.63, 3.8) is 0 Å². The number of benzene rings is 2. The first-order valence-electron chi connectivity index (χ1n) is 10.1. The van der Waals surface area contributed by atoms with E-state index in [1.54, 1.807) is 28.4 Å². The van der Waals surface area contributed by atoms with E-state index in [1.807, 2.05) is 30.3 Å². The zero-order chi connectivity index (χ0) is 21.4. The number of amides is 2. The first-order valence-corrected chi connectivity index (χ1v) is 11.1. The van der Waals surface area contributed by atoms with Gasteiger partial charge in [0.05, 0.1) is 12.2 Å². The third-order valence-electron chi connectivity index (χ3n) is 5.52. The van der Waals surface area contributed by atoms with Crippen molar-refractivity contribution >= 4 is 35.0 Å². The van der Waals surface area contributed by atoms with Gasteiger partial charge in [0, 0.05) is 29.9 Å². The van der Waals surface area contributed by atoms with Crippen molar-refractivity contribution in [2.45, 2.75) is 23.9 Å². The smallest absolute Gasteiger partial charge is 0.291 e. The molecule has 0 unspecified atom stereocenters. The first kappa shape index (κ1) is 19.6. The summed E-state index contributed by atoms with van der Waals surface area (Å²) in [6.45, 7) is 1.44. The maximum atomic E-state index is 13.1. The van der Waals surface area contributed by atoms with E-state index in [2.05, 4.69) is 32.8 Å². The molecule has 0 spiro atoms. The Labute approximate surface area is 184 Å². The van der Waals surface area contributed by atoms with Crippen LogP contribution >= 0.6 is 11.8 Å². The summed E-state index contributed by atoms with van der Waals surface area (Å²) in [6.07, 6.45) is 2.48.